The summed E-state index contributed by atoms with van der Waals surface area (Å²) in [5.41, 5.74) is 2.15. The fourth-order valence-corrected chi connectivity index (χ4v) is 4.87. The van der Waals surface area contributed by atoms with Crippen molar-refractivity contribution in [3.05, 3.63) is 36.0 Å². The molecule has 0 radical (unpaired) electrons. The molecule has 3 saturated heterocycles. The Balaban J connectivity index is 1.10. The highest BCUT2D eigenvalue weighted by Crippen LogP contribution is 2.48. The number of hydrogen-bond acceptors (Lipinski definition) is 3. The molecular formula is C21H27N3O2. The molecule has 4 heterocycles. The minimum atomic E-state index is -0.461. The molecule has 2 N–H and O–H groups in total. The minimum absolute atomic E-state index is 0.142. The molecule has 0 unspecified atom stereocenters. The zero-order valence-electron chi connectivity index (χ0n) is 15.2. The van der Waals surface area contributed by atoms with E-state index in [0.29, 0.717) is 12.0 Å². The van der Waals surface area contributed by atoms with Gasteiger partial charge in [-0.15, -0.1) is 0 Å². The van der Waals surface area contributed by atoms with Crippen LogP contribution in [0.25, 0.3) is 10.9 Å². The molecule has 0 atom stereocenters. The van der Waals surface area contributed by atoms with Crippen molar-refractivity contribution < 1.29 is 9.53 Å². The number of carbonyl (C=O) groups excluding carboxylic acids is 1. The molecule has 0 spiro atoms. The molecule has 5 heteroatoms. The molecule has 26 heavy (non-hydrogen) atoms. The highest BCUT2D eigenvalue weighted by atomic mass is 16.5. The number of piperidine rings is 1. The molecule has 1 aromatic heterocycles. The number of fused-ring (bicyclic) bond motifs is 2. The number of H-pyrrole nitrogens is 1. The lowest BCUT2D eigenvalue weighted by Crippen LogP contribution is -2.55. The highest BCUT2D eigenvalue weighted by molar-refractivity contribution is 5.87. The van der Waals surface area contributed by atoms with Crippen LogP contribution in [0.1, 0.15) is 31.2 Å². The summed E-state index contributed by atoms with van der Waals surface area (Å²) in [6.45, 7) is 3.98. The molecule has 2 bridgehead atoms. The van der Waals surface area contributed by atoms with Crippen molar-refractivity contribution in [1.29, 1.82) is 0 Å². The van der Waals surface area contributed by atoms with Gasteiger partial charge in [0.25, 0.3) is 5.91 Å². The quantitative estimate of drug-likeness (QED) is 0.868. The van der Waals surface area contributed by atoms with E-state index in [-0.39, 0.29) is 5.91 Å². The van der Waals surface area contributed by atoms with Gasteiger partial charge < -0.3 is 19.9 Å². The number of nitrogens with one attached hydrogen (secondary N) is 2. The molecule has 1 aromatic carbocycles. The van der Waals surface area contributed by atoms with E-state index in [1.165, 1.54) is 16.5 Å². The van der Waals surface area contributed by atoms with Crippen molar-refractivity contribution in [2.24, 2.45) is 5.92 Å². The van der Waals surface area contributed by atoms with Gasteiger partial charge in [-0.2, -0.15) is 0 Å². The Bertz CT molecular complexity index is 795. The molecular weight excluding hydrogens is 326 g/mol. The first-order chi connectivity index (χ1) is 12.7. The maximum atomic E-state index is 12.5. The van der Waals surface area contributed by atoms with Crippen LogP contribution in [0.15, 0.2) is 30.5 Å². The second-order valence-corrected chi connectivity index (χ2v) is 8.28. The van der Waals surface area contributed by atoms with Gasteiger partial charge in [0.05, 0.1) is 6.61 Å². The van der Waals surface area contributed by atoms with Crippen LogP contribution in [0.5, 0.6) is 0 Å². The molecule has 2 aromatic rings. The fourth-order valence-electron chi connectivity index (χ4n) is 4.87. The number of aromatic amines is 1. The van der Waals surface area contributed by atoms with E-state index in [9.17, 15) is 4.79 Å². The number of likely N-dealkylation sites (tertiary alicyclic amines) is 1. The van der Waals surface area contributed by atoms with Crippen LogP contribution < -0.4 is 5.32 Å². The normalized spacial score (nSPS) is 29.0. The molecule has 4 aliphatic rings. The monoisotopic (exact) mass is 353 g/mol. The van der Waals surface area contributed by atoms with Gasteiger partial charge >= 0.3 is 0 Å². The second-order valence-electron chi connectivity index (χ2n) is 8.28. The van der Waals surface area contributed by atoms with E-state index in [4.69, 9.17) is 4.74 Å². The van der Waals surface area contributed by atoms with Gasteiger partial charge in [-0.1, -0.05) is 18.2 Å². The van der Waals surface area contributed by atoms with E-state index in [1.807, 2.05) is 0 Å². The number of hydrogen-bond donors (Lipinski definition) is 2. The predicted octanol–water partition coefficient (Wildman–Crippen LogP) is 2.47. The van der Waals surface area contributed by atoms with E-state index in [2.05, 4.69) is 45.7 Å². The maximum absolute atomic E-state index is 12.5. The summed E-state index contributed by atoms with van der Waals surface area (Å²) in [5.74, 6) is 0.774. The SMILES string of the molecule is O=C(NC1CCN(CCc2c[nH]c3ccccc23)CC1)C12CC(CO1)C2. The average Bonchev–Trinajstić information content (AvgIpc) is 3.35. The van der Waals surface area contributed by atoms with Crippen LogP contribution in [-0.4, -0.2) is 53.7 Å². The zero-order chi connectivity index (χ0) is 17.6. The molecule has 1 saturated carbocycles. The minimum Gasteiger partial charge on any atom is -0.365 e. The van der Waals surface area contributed by atoms with Gasteiger partial charge in [-0.05, 0) is 49.7 Å². The van der Waals surface area contributed by atoms with E-state index >= 15 is 0 Å². The van der Waals surface area contributed by atoms with Gasteiger partial charge in [-0.3, -0.25) is 4.79 Å². The van der Waals surface area contributed by atoms with Crippen LogP contribution >= 0.6 is 0 Å². The Morgan fingerprint density at radius 3 is 2.85 bits per heavy atom. The van der Waals surface area contributed by atoms with Crippen LogP contribution in [0, 0.1) is 5.92 Å². The van der Waals surface area contributed by atoms with Crippen molar-refractivity contribution in [2.75, 3.05) is 26.2 Å². The third-order valence-corrected chi connectivity index (χ3v) is 6.54. The van der Waals surface area contributed by atoms with Crippen molar-refractivity contribution in [2.45, 2.75) is 43.7 Å². The smallest absolute Gasteiger partial charge is 0.252 e. The third-order valence-electron chi connectivity index (χ3n) is 6.54. The maximum Gasteiger partial charge on any atom is 0.252 e. The first kappa shape index (κ1) is 16.3. The van der Waals surface area contributed by atoms with Crippen molar-refractivity contribution in [3.8, 4) is 0 Å². The Kier molecular flexibility index (Phi) is 4.02. The van der Waals surface area contributed by atoms with E-state index in [0.717, 1.165) is 58.3 Å². The highest BCUT2D eigenvalue weighted by Gasteiger charge is 2.57. The topological polar surface area (TPSA) is 57.4 Å². The van der Waals surface area contributed by atoms with Crippen LogP contribution in [0.2, 0.25) is 0 Å². The molecule has 4 fully saturated rings. The lowest BCUT2D eigenvalue weighted by molar-refractivity contribution is -0.144. The average molecular weight is 353 g/mol. The first-order valence-corrected chi connectivity index (χ1v) is 9.94. The summed E-state index contributed by atoms with van der Waals surface area (Å²) in [5, 5.41) is 4.60. The largest absolute Gasteiger partial charge is 0.365 e. The Labute approximate surface area is 154 Å². The Morgan fingerprint density at radius 1 is 1.27 bits per heavy atom. The van der Waals surface area contributed by atoms with Gasteiger partial charge in [0.2, 0.25) is 0 Å². The van der Waals surface area contributed by atoms with E-state index in [1.54, 1.807) is 0 Å². The lowest BCUT2D eigenvalue weighted by Gasteiger charge is -2.38. The first-order valence-electron chi connectivity index (χ1n) is 9.94. The summed E-state index contributed by atoms with van der Waals surface area (Å²) >= 11 is 0. The van der Waals surface area contributed by atoms with E-state index < -0.39 is 5.60 Å². The number of benzene rings is 1. The number of ether oxygens (including phenoxy) is 1. The van der Waals surface area contributed by atoms with Gasteiger partial charge in [-0.25, -0.2) is 0 Å². The van der Waals surface area contributed by atoms with Crippen molar-refractivity contribution in [1.82, 2.24) is 15.2 Å². The second kappa shape index (κ2) is 6.39. The molecule has 5 nitrogen and oxygen atoms in total. The molecule has 6 rings (SSSR count). The predicted molar refractivity (Wildman–Crippen MR) is 101 cm³/mol. The number of rotatable bonds is 5. The standard InChI is InChI=1S/C21H27N3O2/c25-20(21-11-15(12-21)14-26-21)23-17-6-9-24(10-7-17)8-5-16-13-22-19-4-2-1-3-18(16)19/h1-4,13,15,17,22H,5-12,14H2,(H,23,25). The van der Waals surface area contributed by atoms with Crippen molar-refractivity contribution in [3.63, 3.8) is 0 Å². The van der Waals surface area contributed by atoms with Gasteiger partial charge in [0.15, 0.2) is 0 Å². The number of amides is 1. The number of aromatic nitrogens is 1. The zero-order valence-corrected chi connectivity index (χ0v) is 15.2. The van der Waals surface area contributed by atoms with Crippen LogP contribution in [0.4, 0.5) is 0 Å². The number of para-hydroxylation sites is 1. The number of carbonyl (C=O) groups is 1. The summed E-state index contributed by atoms with van der Waals surface area (Å²) in [6.07, 6.45) is 7.16. The summed E-state index contributed by atoms with van der Waals surface area (Å²) in [7, 11) is 0. The molecule has 3 aliphatic heterocycles. The number of nitrogens with zero attached hydrogens (tertiary/aromatic N) is 1. The van der Waals surface area contributed by atoms with Gasteiger partial charge in [0.1, 0.15) is 5.60 Å². The van der Waals surface area contributed by atoms with Gasteiger partial charge in [0, 0.05) is 42.8 Å². The summed E-state index contributed by atoms with van der Waals surface area (Å²) < 4.78 is 5.73. The molecule has 1 aliphatic carbocycles. The molecule has 1 amide bonds. The summed E-state index contributed by atoms with van der Waals surface area (Å²) in [6, 6.07) is 8.81. The Morgan fingerprint density at radius 2 is 2.08 bits per heavy atom. The Hall–Kier alpha value is -1.85. The lowest BCUT2D eigenvalue weighted by atomic mass is 9.74. The van der Waals surface area contributed by atoms with Crippen LogP contribution in [-0.2, 0) is 16.0 Å². The third kappa shape index (κ3) is 2.83. The summed E-state index contributed by atoms with van der Waals surface area (Å²) in [4.78, 5) is 18.4. The van der Waals surface area contributed by atoms with Crippen molar-refractivity contribution >= 4 is 16.8 Å². The molecule has 138 valence electrons. The fraction of sp³-hybridized carbons (Fsp3) is 0.571. The van der Waals surface area contributed by atoms with Crippen LogP contribution in [0.3, 0.4) is 0 Å².